The number of aryl methyl sites for hydroxylation is 1. The second-order valence-electron chi connectivity index (χ2n) is 9.47. The van der Waals surface area contributed by atoms with E-state index in [-0.39, 0.29) is 0 Å². The lowest BCUT2D eigenvalue weighted by Crippen LogP contribution is -2.09. The Morgan fingerprint density at radius 2 is 1.11 bits per heavy atom. The molecule has 1 aromatic heterocycles. The quantitative estimate of drug-likeness (QED) is 0.184. The first kappa shape index (κ1) is 21.4. The maximum absolute atomic E-state index is 5.04. The molecule has 0 unspecified atom stereocenters. The molecule has 7 aromatic rings. The van der Waals surface area contributed by atoms with Crippen LogP contribution in [0.3, 0.4) is 0 Å². The normalized spacial score (nSPS) is 11.8. The molecule has 0 saturated heterocycles. The third kappa shape index (κ3) is 3.73. The zero-order valence-electron chi connectivity index (χ0n) is 20.5. The maximum atomic E-state index is 5.04. The molecule has 3 nitrogen and oxygen atoms in total. The van der Waals surface area contributed by atoms with Crippen LogP contribution in [0.15, 0.2) is 132 Å². The van der Waals surface area contributed by atoms with Crippen LogP contribution in [0.1, 0.15) is 5.56 Å². The summed E-state index contributed by atoms with van der Waals surface area (Å²) in [6.45, 7) is 0. The first-order valence-corrected chi connectivity index (χ1v) is 12.5. The number of para-hydroxylation sites is 1. The van der Waals surface area contributed by atoms with Crippen LogP contribution in [0.4, 0.5) is 11.4 Å². The summed E-state index contributed by atoms with van der Waals surface area (Å²) in [5.74, 6) is 0. The van der Waals surface area contributed by atoms with E-state index in [9.17, 15) is 0 Å². The average Bonchev–Trinajstić information content (AvgIpc) is 3.24. The van der Waals surface area contributed by atoms with Gasteiger partial charge in [0.25, 0.3) is 0 Å². The van der Waals surface area contributed by atoms with E-state index in [0.717, 1.165) is 16.9 Å². The molecular weight excluding hydrogens is 450 g/mol. The summed E-state index contributed by atoms with van der Waals surface area (Å²) in [6, 6.07) is 45.0. The Kier molecular flexibility index (Phi) is 5.00. The molecule has 0 saturated carbocycles. The van der Waals surface area contributed by atoms with Crippen LogP contribution in [0, 0.1) is 0 Å². The van der Waals surface area contributed by atoms with E-state index in [1.165, 1.54) is 43.4 Å². The van der Waals surface area contributed by atoms with Gasteiger partial charge in [0.1, 0.15) is 0 Å². The molecule has 37 heavy (non-hydrogen) atoms. The molecule has 0 N–H and O–H groups in total. The predicted octanol–water partition coefficient (Wildman–Crippen LogP) is 8.81. The Labute approximate surface area is 215 Å². The highest BCUT2D eigenvalue weighted by Gasteiger charge is 2.11. The van der Waals surface area contributed by atoms with Crippen LogP contribution in [-0.2, 0) is 7.05 Å². The molecule has 0 atom stereocenters. The van der Waals surface area contributed by atoms with Crippen molar-refractivity contribution in [3.63, 3.8) is 0 Å². The summed E-state index contributed by atoms with van der Waals surface area (Å²) in [4.78, 5) is 0. The first-order valence-electron chi connectivity index (χ1n) is 12.5. The number of anilines is 2. The molecule has 0 amide bonds. The Bertz CT molecular complexity index is 1880. The van der Waals surface area contributed by atoms with Crippen LogP contribution in [0.25, 0.3) is 43.4 Å². The smallest absolute Gasteiger partial charge is 0.0659 e. The van der Waals surface area contributed by atoms with Crippen molar-refractivity contribution in [3.8, 4) is 0 Å². The summed E-state index contributed by atoms with van der Waals surface area (Å²) >= 11 is 0. The minimum Gasteiger partial charge on any atom is -0.344 e. The molecular formula is C34H25N3. The summed E-state index contributed by atoms with van der Waals surface area (Å²) in [5, 5.41) is 14.4. The molecule has 0 aliphatic carbocycles. The zero-order chi connectivity index (χ0) is 24.8. The molecule has 1 heterocycles. The lowest BCUT2D eigenvalue weighted by atomic mass is 10.1. The van der Waals surface area contributed by atoms with Gasteiger partial charge in [0.05, 0.1) is 17.6 Å². The van der Waals surface area contributed by atoms with Crippen molar-refractivity contribution in [3.05, 3.63) is 133 Å². The number of aromatic nitrogens is 1. The SMILES string of the molecule is Cn1c2ccccc2c2cc(C=NN(c3ccc4ccccc4c3)c3ccc4ccccc4c3)ccc21. The fraction of sp³-hybridized carbons (Fsp3) is 0.0294. The van der Waals surface area contributed by atoms with Gasteiger partial charge in [0.2, 0.25) is 0 Å². The Balaban J connectivity index is 1.36. The monoisotopic (exact) mass is 475 g/mol. The van der Waals surface area contributed by atoms with Crippen LogP contribution < -0.4 is 5.01 Å². The van der Waals surface area contributed by atoms with Gasteiger partial charge in [0.15, 0.2) is 0 Å². The summed E-state index contributed by atoms with van der Waals surface area (Å²) in [7, 11) is 2.12. The number of hydrazone groups is 1. The largest absolute Gasteiger partial charge is 0.344 e. The van der Waals surface area contributed by atoms with Crippen LogP contribution in [0.5, 0.6) is 0 Å². The Morgan fingerprint density at radius 1 is 0.541 bits per heavy atom. The van der Waals surface area contributed by atoms with Crippen molar-refractivity contribution in [1.82, 2.24) is 4.57 Å². The minimum atomic E-state index is 1.02. The lowest BCUT2D eigenvalue weighted by Gasteiger charge is -2.20. The number of fused-ring (bicyclic) bond motifs is 5. The second-order valence-corrected chi connectivity index (χ2v) is 9.47. The van der Waals surface area contributed by atoms with Gasteiger partial charge in [-0.25, -0.2) is 5.01 Å². The van der Waals surface area contributed by atoms with Gasteiger partial charge in [-0.1, -0.05) is 84.9 Å². The third-order valence-corrected chi connectivity index (χ3v) is 7.22. The Morgan fingerprint density at radius 3 is 1.78 bits per heavy atom. The van der Waals surface area contributed by atoms with Gasteiger partial charge < -0.3 is 4.57 Å². The van der Waals surface area contributed by atoms with E-state index in [1.54, 1.807) is 0 Å². The standard InChI is InChI=1S/C34H25N3/c1-36-33-13-7-6-12-31(33)32-20-24(14-19-34(32)36)23-35-37(29-17-15-25-8-2-4-10-27(25)21-29)30-18-16-26-9-3-5-11-28(26)22-30/h2-23H,1H3. The molecule has 0 radical (unpaired) electrons. The number of benzene rings is 6. The molecule has 7 rings (SSSR count). The van der Waals surface area contributed by atoms with Crippen molar-refractivity contribution in [2.45, 2.75) is 0 Å². The molecule has 0 aliphatic rings. The molecule has 176 valence electrons. The third-order valence-electron chi connectivity index (χ3n) is 7.22. The van der Waals surface area contributed by atoms with Crippen LogP contribution in [0.2, 0.25) is 0 Å². The van der Waals surface area contributed by atoms with E-state index >= 15 is 0 Å². The van der Waals surface area contributed by atoms with Gasteiger partial charge in [0, 0.05) is 28.9 Å². The van der Waals surface area contributed by atoms with Gasteiger partial charge >= 0.3 is 0 Å². The predicted molar refractivity (Wildman–Crippen MR) is 158 cm³/mol. The van der Waals surface area contributed by atoms with E-state index < -0.39 is 0 Å². The summed E-state index contributed by atoms with van der Waals surface area (Å²) in [5.41, 5.74) is 5.57. The van der Waals surface area contributed by atoms with Gasteiger partial charge in [-0.15, -0.1) is 0 Å². The van der Waals surface area contributed by atoms with Crippen molar-refractivity contribution >= 4 is 60.9 Å². The summed E-state index contributed by atoms with van der Waals surface area (Å²) < 4.78 is 2.25. The highest BCUT2D eigenvalue weighted by Crippen LogP contribution is 2.32. The summed E-state index contributed by atoms with van der Waals surface area (Å²) in [6.07, 6.45) is 1.96. The molecule has 0 aliphatic heterocycles. The van der Waals surface area contributed by atoms with Crippen molar-refractivity contribution < 1.29 is 0 Å². The highest BCUT2D eigenvalue weighted by molar-refractivity contribution is 6.09. The lowest BCUT2D eigenvalue weighted by molar-refractivity contribution is 1.01. The van der Waals surface area contributed by atoms with Gasteiger partial charge in [-0.2, -0.15) is 5.10 Å². The zero-order valence-corrected chi connectivity index (χ0v) is 20.5. The van der Waals surface area contributed by atoms with E-state index in [0.29, 0.717) is 0 Å². The first-order chi connectivity index (χ1) is 18.2. The number of hydrogen-bond acceptors (Lipinski definition) is 2. The van der Waals surface area contributed by atoms with E-state index in [2.05, 4.69) is 139 Å². The maximum Gasteiger partial charge on any atom is 0.0659 e. The van der Waals surface area contributed by atoms with Crippen LogP contribution in [-0.4, -0.2) is 10.8 Å². The highest BCUT2D eigenvalue weighted by atomic mass is 15.5. The second kappa shape index (κ2) is 8.65. The molecule has 0 fully saturated rings. The molecule has 6 aromatic carbocycles. The van der Waals surface area contributed by atoms with Crippen molar-refractivity contribution in [1.29, 1.82) is 0 Å². The molecule has 0 spiro atoms. The number of hydrogen-bond donors (Lipinski definition) is 0. The molecule has 0 bridgehead atoms. The topological polar surface area (TPSA) is 20.5 Å². The Hall–Kier alpha value is -4.89. The van der Waals surface area contributed by atoms with E-state index in [4.69, 9.17) is 5.10 Å². The number of rotatable bonds is 4. The fourth-order valence-electron chi connectivity index (χ4n) is 5.29. The van der Waals surface area contributed by atoms with Gasteiger partial charge in [-0.05, 0) is 69.6 Å². The van der Waals surface area contributed by atoms with Crippen molar-refractivity contribution in [2.75, 3.05) is 5.01 Å². The number of nitrogens with zero attached hydrogens (tertiary/aromatic N) is 3. The average molecular weight is 476 g/mol. The van der Waals surface area contributed by atoms with Gasteiger partial charge in [-0.3, -0.25) is 0 Å². The van der Waals surface area contributed by atoms with E-state index in [1.807, 2.05) is 11.2 Å². The fourth-order valence-corrected chi connectivity index (χ4v) is 5.29. The molecule has 3 heteroatoms. The van der Waals surface area contributed by atoms with Crippen LogP contribution >= 0.6 is 0 Å². The van der Waals surface area contributed by atoms with Crippen molar-refractivity contribution in [2.24, 2.45) is 12.1 Å². The minimum absolute atomic E-state index is 1.02.